The third-order valence-electron chi connectivity index (χ3n) is 6.35. The van der Waals surface area contributed by atoms with Gasteiger partial charge in [0, 0.05) is 6.42 Å². The Hall–Kier alpha value is -2.86. The fourth-order valence-electron chi connectivity index (χ4n) is 4.58. The fraction of sp³-hybridized carbons (Fsp3) is 0.462. The maximum Gasteiger partial charge on any atom is 0.327 e. The number of hydrogen-bond acceptors (Lipinski definition) is 5. The lowest BCUT2D eigenvalue weighted by Crippen LogP contribution is -2.56. The van der Waals surface area contributed by atoms with E-state index in [0.717, 1.165) is 24.2 Å². The van der Waals surface area contributed by atoms with Gasteiger partial charge in [0.05, 0.1) is 19.1 Å². The minimum Gasteiger partial charge on any atom is -0.493 e. The van der Waals surface area contributed by atoms with E-state index in [1.54, 1.807) is 19.0 Å². The highest BCUT2D eigenvalue weighted by atomic mass is 16.5. The number of para-hydroxylation sites is 1. The topological polar surface area (TPSA) is 76.1 Å². The standard InChI is InChI=1S/C26H33NO5/c1-27(2)26(17-8-13-22(26)24(28)29)25(30)32-19-9-18-31-23-14-7-6-12-21(23)16-15-20-10-4-3-5-11-20/h3-7,10-12,14,22H,8-9,13,15-19H2,1-2H3,(H,28,29). The van der Waals surface area contributed by atoms with Crippen molar-refractivity contribution in [2.45, 2.75) is 44.1 Å². The number of carboxylic acids is 1. The van der Waals surface area contributed by atoms with Gasteiger partial charge in [-0.3, -0.25) is 14.5 Å². The van der Waals surface area contributed by atoms with Crippen LogP contribution >= 0.6 is 0 Å². The van der Waals surface area contributed by atoms with Gasteiger partial charge in [-0.15, -0.1) is 0 Å². The van der Waals surface area contributed by atoms with E-state index in [4.69, 9.17) is 9.47 Å². The van der Waals surface area contributed by atoms with Gasteiger partial charge in [0.2, 0.25) is 0 Å². The molecule has 3 rings (SSSR count). The monoisotopic (exact) mass is 439 g/mol. The largest absolute Gasteiger partial charge is 0.493 e. The van der Waals surface area contributed by atoms with Gasteiger partial charge in [0.15, 0.2) is 0 Å². The highest BCUT2D eigenvalue weighted by molar-refractivity contribution is 5.88. The van der Waals surface area contributed by atoms with Crippen molar-refractivity contribution in [3.63, 3.8) is 0 Å². The zero-order valence-corrected chi connectivity index (χ0v) is 19.0. The number of ether oxygens (including phenoxy) is 2. The first-order valence-electron chi connectivity index (χ1n) is 11.3. The number of aryl methyl sites for hydroxylation is 2. The van der Waals surface area contributed by atoms with Crippen molar-refractivity contribution in [1.82, 2.24) is 4.90 Å². The first kappa shape index (κ1) is 23.8. The number of carbonyl (C=O) groups is 2. The molecule has 32 heavy (non-hydrogen) atoms. The normalized spacial score (nSPS) is 20.3. The van der Waals surface area contributed by atoms with Crippen LogP contribution in [0.2, 0.25) is 0 Å². The number of carboxylic acid groups (broad SMARTS) is 1. The van der Waals surface area contributed by atoms with Crippen molar-refractivity contribution < 1.29 is 24.2 Å². The maximum atomic E-state index is 12.9. The molecule has 0 bridgehead atoms. The summed E-state index contributed by atoms with van der Waals surface area (Å²) in [7, 11) is 3.50. The lowest BCUT2D eigenvalue weighted by molar-refractivity contribution is -0.166. The second kappa shape index (κ2) is 11.1. The molecular weight excluding hydrogens is 406 g/mol. The number of carbonyl (C=O) groups excluding carboxylic acids is 1. The Morgan fingerprint density at radius 2 is 1.75 bits per heavy atom. The zero-order valence-electron chi connectivity index (χ0n) is 19.0. The Morgan fingerprint density at radius 1 is 1.03 bits per heavy atom. The number of aliphatic carboxylic acids is 1. The Bertz CT molecular complexity index is 898. The van der Waals surface area contributed by atoms with Crippen LogP contribution in [0.4, 0.5) is 0 Å². The third kappa shape index (κ3) is 5.49. The predicted molar refractivity (Wildman–Crippen MR) is 123 cm³/mol. The molecule has 0 amide bonds. The van der Waals surface area contributed by atoms with E-state index in [-0.39, 0.29) is 6.61 Å². The quantitative estimate of drug-likeness (QED) is 0.422. The molecule has 2 unspecified atom stereocenters. The molecule has 0 spiro atoms. The molecule has 6 heteroatoms. The summed E-state index contributed by atoms with van der Waals surface area (Å²) in [6.45, 7) is 0.625. The minimum absolute atomic E-state index is 0.201. The van der Waals surface area contributed by atoms with E-state index in [2.05, 4.69) is 18.2 Å². The zero-order chi connectivity index (χ0) is 23.0. The molecule has 1 aliphatic carbocycles. The smallest absolute Gasteiger partial charge is 0.327 e. The molecule has 0 saturated heterocycles. The second-order valence-electron chi connectivity index (χ2n) is 8.53. The molecule has 6 nitrogen and oxygen atoms in total. The number of likely N-dealkylation sites (N-methyl/N-ethyl adjacent to an activating group) is 1. The molecule has 1 fully saturated rings. The van der Waals surface area contributed by atoms with Crippen molar-refractivity contribution in [1.29, 1.82) is 0 Å². The van der Waals surface area contributed by atoms with E-state index in [9.17, 15) is 14.7 Å². The third-order valence-corrected chi connectivity index (χ3v) is 6.35. The second-order valence-corrected chi connectivity index (χ2v) is 8.53. The van der Waals surface area contributed by atoms with Gasteiger partial charge in [-0.25, -0.2) is 0 Å². The van der Waals surface area contributed by atoms with Gasteiger partial charge in [-0.2, -0.15) is 0 Å². The van der Waals surface area contributed by atoms with Crippen molar-refractivity contribution in [2.24, 2.45) is 5.92 Å². The van der Waals surface area contributed by atoms with Crippen LogP contribution in [-0.2, 0) is 27.2 Å². The van der Waals surface area contributed by atoms with E-state index in [0.29, 0.717) is 32.3 Å². The molecule has 2 aromatic carbocycles. The van der Waals surface area contributed by atoms with Crippen molar-refractivity contribution >= 4 is 11.9 Å². The summed E-state index contributed by atoms with van der Waals surface area (Å²) in [5, 5.41) is 9.57. The molecule has 1 N–H and O–H groups in total. The summed E-state index contributed by atoms with van der Waals surface area (Å²) in [5.74, 6) is -1.28. The van der Waals surface area contributed by atoms with Crippen LogP contribution in [0.1, 0.15) is 36.8 Å². The first-order valence-corrected chi connectivity index (χ1v) is 11.3. The summed E-state index contributed by atoms with van der Waals surface area (Å²) in [5.41, 5.74) is 1.35. The number of nitrogens with zero attached hydrogens (tertiary/aromatic N) is 1. The molecule has 0 heterocycles. The predicted octanol–water partition coefficient (Wildman–Crippen LogP) is 3.97. The summed E-state index contributed by atoms with van der Waals surface area (Å²) in [6, 6.07) is 18.4. The van der Waals surface area contributed by atoms with Gasteiger partial charge in [-0.05, 0) is 57.0 Å². The Labute approximate surface area is 190 Å². The number of esters is 1. The van der Waals surface area contributed by atoms with Crippen LogP contribution in [0.5, 0.6) is 5.75 Å². The molecular formula is C26H33NO5. The lowest BCUT2D eigenvalue weighted by Gasteiger charge is -2.37. The van der Waals surface area contributed by atoms with Crippen LogP contribution in [0.15, 0.2) is 54.6 Å². The fourth-order valence-corrected chi connectivity index (χ4v) is 4.58. The van der Waals surface area contributed by atoms with E-state index in [1.165, 1.54) is 5.56 Å². The molecule has 0 radical (unpaired) electrons. The molecule has 1 aliphatic rings. The van der Waals surface area contributed by atoms with Crippen molar-refractivity contribution in [2.75, 3.05) is 27.3 Å². The number of benzene rings is 2. The number of hydrogen-bond donors (Lipinski definition) is 1. The molecule has 1 saturated carbocycles. The van der Waals surface area contributed by atoms with Crippen molar-refractivity contribution in [3.05, 3.63) is 65.7 Å². The van der Waals surface area contributed by atoms with Crippen LogP contribution in [0.3, 0.4) is 0 Å². The summed E-state index contributed by atoms with van der Waals surface area (Å²) in [4.78, 5) is 26.3. The average molecular weight is 440 g/mol. The highest BCUT2D eigenvalue weighted by Gasteiger charge is 2.55. The average Bonchev–Trinajstić information content (AvgIpc) is 3.26. The van der Waals surface area contributed by atoms with Crippen LogP contribution < -0.4 is 4.74 Å². The van der Waals surface area contributed by atoms with Gasteiger partial charge in [0.25, 0.3) is 0 Å². The van der Waals surface area contributed by atoms with Crippen LogP contribution in [0, 0.1) is 5.92 Å². The van der Waals surface area contributed by atoms with Gasteiger partial charge >= 0.3 is 11.9 Å². The minimum atomic E-state index is -1.09. The SMILES string of the molecule is CN(C)C1(C(=O)OCCCOc2ccccc2CCc2ccccc2)CCCC1C(=O)O. The number of rotatable bonds is 11. The van der Waals surface area contributed by atoms with Gasteiger partial charge in [-0.1, -0.05) is 55.0 Å². The molecule has 2 atom stereocenters. The Balaban J connectivity index is 1.48. The van der Waals surface area contributed by atoms with E-state index in [1.807, 2.05) is 36.4 Å². The van der Waals surface area contributed by atoms with Gasteiger partial charge in [0.1, 0.15) is 11.3 Å². The van der Waals surface area contributed by atoms with Gasteiger partial charge < -0.3 is 14.6 Å². The molecule has 172 valence electrons. The Kier molecular flexibility index (Phi) is 8.28. The summed E-state index contributed by atoms with van der Waals surface area (Å²) >= 11 is 0. The summed E-state index contributed by atoms with van der Waals surface area (Å²) in [6.07, 6.45) is 4.06. The lowest BCUT2D eigenvalue weighted by atomic mass is 9.85. The molecule has 0 aromatic heterocycles. The van der Waals surface area contributed by atoms with Crippen LogP contribution in [-0.4, -0.2) is 54.8 Å². The van der Waals surface area contributed by atoms with Crippen LogP contribution in [0.25, 0.3) is 0 Å². The van der Waals surface area contributed by atoms with E-state index >= 15 is 0 Å². The van der Waals surface area contributed by atoms with E-state index < -0.39 is 23.4 Å². The summed E-state index contributed by atoms with van der Waals surface area (Å²) < 4.78 is 11.5. The van der Waals surface area contributed by atoms with Crippen molar-refractivity contribution in [3.8, 4) is 5.75 Å². The highest BCUT2D eigenvalue weighted by Crippen LogP contribution is 2.40. The first-order chi connectivity index (χ1) is 15.4. The molecule has 2 aromatic rings. The Morgan fingerprint density at radius 3 is 2.47 bits per heavy atom. The molecule has 0 aliphatic heterocycles. The maximum absolute atomic E-state index is 12.9.